The Morgan fingerprint density at radius 3 is 3.00 bits per heavy atom. The number of H-pyrrole nitrogens is 1. The summed E-state index contributed by atoms with van der Waals surface area (Å²) in [6.45, 7) is 2.22. The number of rotatable bonds is 3. The van der Waals surface area contributed by atoms with Crippen LogP contribution in [0, 0.1) is 6.92 Å². The van der Waals surface area contributed by atoms with E-state index in [0.29, 0.717) is 12.2 Å². The Bertz CT molecular complexity index is 475. The summed E-state index contributed by atoms with van der Waals surface area (Å²) in [7, 11) is 1.71. The van der Waals surface area contributed by atoms with Gasteiger partial charge in [0.1, 0.15) is 0 Å². The minimum absolute atomic E-state index is 0.184. The van der Waals surface area contributed by atoms with Crippen LogP contribution in [0.15, 0.2) is 23.2 Å². The third-order valence-electron chi connectivity index (χ3n) is 2.26. The molecule has 0 fully saturated rings. The van der Waals surface area contributed by atoms with Gasteiger partial charge >= 0.3 is 0 Å². The molecule has 0 aliphatic rings. The fraction of sp³-hybridized carbons (Fsp3) is 0.300. The second-order valence-corrected chi connectivity index (χ2v) is 3.53. The quantitative estimate of drug-likeness (QED) is 0.836. The molecule has 6 nitrogen and oxygen atoms in total. The normalized spacial score (nSPS) is 10.4. The number of carbonyl (C=O) groups is 1. The maximum Gasteiger partial charge on any atom is 0.291 e. The van der Waals surface area contributed by atoms with Gasteiger partial charge in [-0.3, -0.25) is 9.89 Å². The number of aromatic nitrogens is 3. The molecule has 0 saturated heterocycles. The summed E-state index contributed by atoms with van der Waals surface area (Å²) in [4.78, 5) is 17.4. The van der Waals surface area contributed by atoms with E-state index in [9.17, 15) is 4.79 Å². The molecule has 0 aliphatic heterocycles. The zero-order valence-corrected chi connectivity index (χ0v) is 9.10. The Kier molecular flexibility index (Phi) is 2.72. The Morgan fingerprint density at radius 1 is 1.62 bits per heavy atom. The number of nitrogens with one attached hydrogen (secondary N) is 1. The van der Waals surface area contributed by atoms with Crippen molar-refractivity contribution in [2.75, 3.05) is 7.05 Å². The lowest BCUT2D eigenvalue weighted by molar-refractivity contribution is 0.0752. The molecule has 2 aromatic rings. The molecule has 0 aromatic carbocycles. The molecule has 0 aliphatic carbocycles. The molecule has 2 aromatic heterocycles. The molecule has 1 amide bonds. The molecule has 2 rings (SSSR count). The van der Waals surface area contributed by atoms with Crippen LogP contribution in [0.3, 0.4) is 0 Å². The van der Waals surface area contributed by atoms with Crippen molar-refractivity contribution in [2.45, 2.75) is 13.5 Å². The van der Waals surface area contributed by atoms with E-state index in [2.05, 4.69) is 15.2 Å². The van der Waals surface area contributed by atoms with Gasteiger partial charge in [-0.1, -0.05) is 0 Å². The van der Waals surface area contributed by atoms with Gasteiger partial charge < -0.3 is 9.32 Å². The lowest BCUT2D eigenvalue weighted by Gasteiger charge is -2.14. The maximum atomic E-state index is 11.9. The highest BCUT2D eigenvalue weighted by Gasteiger charge is 2.18. The number of aromatic amines is 1. The van der Waals surface area contributed by atoms with Gasteiger partial charge in [0.2, 0.25) is 5.76 Å². The van der Waals surface area contributed by atoms with E-state index in [1.807, 2.05) is 0 Å². The van der Waals surface area contributed by atoms with E-state index in [1.165, 1.54) is 6.39 Å². The molecule has 6 heteroatoms. The van der Waals surface area contributed by atoms with E-state index in [1.54, 1.807) is 31.3 Å². The lowest BCUT2D eigenvalue weighted by Crippen LogP contribution is -2.26. The van der Waals surface area contributed by atoms with Gasteiger partial charge in [0.15, 0.2) is 6.39 Å². The van der Waals surface area contributed by atoms with Gasteiger partial charge in [-0.25, -0.2) is 4.98 Å². The monoisotopic (exact) mass is 220 g/mol. The van der Waals surface area contributed by atoms with Gasteiger partial charge in [0.05, 0.1) is 11.9 Å². The van der Waals surface area contributed by atoms with E-state index in [0.717, 1.165) is 5.56 Å². The number of aryl methyl sites for hydroxylation is 1. The SMILES string of the molecule is Cc1ncoc1C(=O)N(C)Cc1cn[nH]c1. The van der Waals surface area contributed by atoms with Crippen LogP contribution in [0.4, 0.5) is 0 Å². The predicted molar refractivity (Wildman–Crippen MR) is 55.6 cm³/mol. The Morgan fingerprint density at radius 2 is 2.44 bits per heavy atom. The highest BCUT2D eigenvalue weighted by molar-refractivity contribution is 5.92. The zero-order valence-electron chi connectivity index (χ0n) is 9.10. The molecular formula is C10H12N4O2. The fourth-order valence-corrected chi connectivity index (χ4v) is 1.39. The van der Waals surface area contributed by atoms with Crippen molar-refractivity contribution < 1.29 is 9.21 Å². The first-order valence-corrected chi connectivity index (χ1v) is 4.81. The molecule has 0 radical (unpaired) electrons. The second-order valence-electron chi connectivity index (χ2n) is 3.53. The summed E-state index contributed by atoms with van der Waals surface area (Å²) in [5.41, 5.74) is 1.54. The Labute approximate surface area is 92.3 Å². The first kappa shape index (κ1) is 10.4. The van der Waals surface area contributed by atoms with Crippen LogP contribution in [-0.4, -0.2) is 33.0 Å². The summed E-state index contributed by atoms with van der Waals surface area (Å²) >= 11 is 0. The summed E-state index contributed by atoms with van der Waals surface area (Å²) in [5.74, 6) is 0.0993. The molecule has 0 spiro atoms. The van der Waals surface area contributed by atoms with Crippen molar-refractivity contribution in [1.82, 2.24) is 20.1 Å². The van der Waals surface area contributed by atoms with Gasteiger partial charge in [-0.2, -0.15) is 5.10 Å². The van der Waals surface area contributed by atoms with Gasteiger partial charge in [-0.15, -0.1) is 0 Å². The second kappa shape index (κ2) is 4.18. The van der Waals surface area contributed by atoms with Crippen molar-refractivity contribution in [1.29, 1.82) is 0 Å². The number of hydrogen-bond acceptors (Lipinski definition) is 4. The van der Waals surface area contributed by atoms with Crippen molar-refractivity contribution in [3.8, 4) is 0 Å². The van der Waals surface area contributed by atoms with E-state index < -0.39 is 0 Å². The van der Waals surface area contributed by atoms with Crippen LogP contribution >= 0.6 is 0 Å². The number of amides is 1. The first-order chi connectivity index (χ1) is 7.68. The molecule has 84 valence electrons. The topological polar surface area (TPSA) is 75.0 Å². The smallest absolute Gasteiger partial charge is 0.291 e. The largest absolute Gasteiger partial charge is 0.438 e. The van der Waals surface area contributed by atoms with Gasteiger partial charge in [0, 0.05) is 25.4 Å². The van der Waals surface area contributed by atoms with E-state index >= 15 is 0 Å². The molecular weight excluding hydrogens is 208 g/mol. The van der Waals surface area contributed by atoms with Crippen LogP contribution in [0.1, 0.15) is 21.8 Å². The zero-order chi connectivity index (χ0) is 11.5. The van der Waals surface area contributed by atoms with Gasteiger partial charge in [0.25, 0.3) is 5.91 Å². The summed E-state index contributed by atoms with van der Waals surface area (Å²) in [5, 5.41) is 6.51. The average molecular weight is 220 g/mol. The molecule has 0 atom stereocenters. The van der Waals surface area contributed by atoms with Crippen LogP contribution in [0.2, 0.25) is 0 Å². The minimum Gasteiger partial charge on any atom is -0.438 e. The highest BCUT2D eigenvalue weighted by atomic mass is 16.3. The molecule has 1 N–H and O–H groups in total. The third-order valence-corrected chi connectivity index (χ3v) is 2.26. The van der Waals surface area contributed by atoms with Crippen molar-refractivity contribution >= 4 is 5.91 Å². The highest BCUT2D eigenvalue weighted by Crippen LogP contribution is 2.10. The van der Waals surface area contributed by atoms with Crippen LogP contribution < -0.4 is 0 Å². The fourth-order valence-electron chi connectivity index (χ4n) is 1.39. The van der Waals surface area contributed by atoms with Crippen molar-refractivity contribution in [3.63, 3.8) is 0 Å². The average Bonchev–Trinajstić information content (AvgIpc) is 2.88. The molecule has 0 bridgehead atoms. The minimum atomic E-state index is -0.184. The van der Waals surface area contributed by atoms with Crippen LogP contribution in [0.5, 0.6) is 0 Å². The number of hydrogen-bond donors (Lipinski definition) is 1. The van der Waals surface area contributed by atoms with Crippen LogP contribution in [-0.2, 0) is 6.54 Å². The number of carbonyl (C=O) groups excluding carboxylic acids is 1. The Balaban J connectivity index is 2.08. The van der Waals surface area contributed by atoms with E-state index in [-0.39, 0.29) is 11.7 Å². The predicted octanol–water partition coefficient (Wildman–Crippen LogP) is 0.978. The van der Waals surface area contributed by atoms with Crippen molar-refractivity contribution in [2.24, 2.45) is 0 Å². The molecule has 0 saturated carbocycles. The lowest BCUT2D eigenvalue weighted by atomic mass is 10.3. The van der Waals surface area contributed by atoms with Gasteiger partial charge in [-0.05, 0) is 6.92 Å². The standard InChI is InChI=1S/C10H12N4O2/c1-7-9(16-6-11-7)10(15)14(2)5-8-3-12-13-4-8/h3-4,6H,5H2,1-2H3,(H,12,13). The first-order valence-electron chi connectivity index (χ1n) is 4.81. The van der Waals surface area contributed by atoms with Crippen molar-refractivity contribution in [3.05, 3.63) is 35.8 Å². The summed E-state index contributed by atoms with van der Waals surface area (Å²) in [6.07, 6.45) is 4.70. The summed E-state index contributed by atoms with van der Waals surface area (Å²) < 4.78 is 5.04. The maximum absolute atomic E-state index is 11.9. The van der Waals surface area contributed by atoms with E-state index in [4.69, 9.17) is 4.42 Å². The molecule has 0 unspecified atom stereocenters. The molecule has 2 heterocycles. The number of nitrogens with zero attached hydrogens (tertiary/aromatic N) is 3. The van der Waals surface area contributed by atoms with Crippen LogP contribution in [0.25, 0.3) is 0 Å². The summed E-state index contributed by atoms with van der Waals surface area (Å²) in [6, 6.07) is 0. The number of oxazole rings is 1. The molecule has 16 heavy (non-hydrogen) atoms. The third kappa shape index (κ3) is 1.95. The Hall–Kier alpha value is -2.11.